The van der Waals surface area contributed by atoms with Crippen LogP contribution < -0.4 is 10.5 Å². The predicted molar refractivity (Wildman–Crippen MR) is 106 cm³/mol. The summed E-state index contributed by atoms with van der Waals surface area (Å²) >= 11 is 0. The highest BCUT2D eigenvalue weighted by molar-refractivity contribution is 5.92. The minimum atomic E-state index is -0.420. The molecule has 0 saturated carbocycles. The first-order chi connectivity index (χ1) is 14.0. The summed E-state index contributed by atoms with van der Waals surface area (Å²) in [4.78, 5) is 28.7. The standard InChI is InChI=1S/C21H19FN4O3/c22-15-5-7-16(8-6-15)26-20(28)10-9-17(23-26)21(29)25-13-11-24(12-14-25)18-3-1-2-4-19(18)27/h1-10,27H,11-14H2. The fourth-order valence-corrected chi connectivity index (χ4v) is 3.34. The third-order valence-corrected chi connectivity index (χ3v) is 4.88. The van der Waals surface area contributed by atoms with Gasteiger partial charge in [-0.3, -0.25) is 9.59 Å². The Bertz CT molecular complexity index is 1090. The summed E-state index contributed by atoms with van der Waals surface area (Å²) in [6.45, 7) is 2.07. The summed E-state index contributed by atoms with van der Waals surface area (Å²) in [6, 6.07) is 15.1. The molecule has 1 fully saturated rings. The van der Waals surface area contributed by atoms with Crippen LogP contribution in [-0.4, -0.2) is 51.9 Å². The van der Waals surface area contributed by atoms with Crippen LogP contribution >= 0.6 is 0 Å². The summed E-state index contributed by atoms with van der Waals surface area (Å²) in [6.07, 6.45) is 0. The first-order valence-electron chi connectivity index (χ1n) is 9.21. The number of benzene rings is 2. The van der Waals surface area contributed by atoms with Crippen molar-refractivity contribution in [3.8, 4) is 11.4 Å². The molecule has 1 amide bonds. The molecular weight excluding hydrogens is 375 g/mol. The summed E-state index contributed by atoms with van der Waals surface area (Å²) in [7, 11) is 0. The van der Waals surface area contributed by atoms with Gasteiger partial charge in [0.05, 0.1) is 11.4 Å². The second-order valence-electron chi connectivity index (χ2n) is 6.71. The van der Waals surface area contributed by atoms with Crippen molar-refractivity contribution in [2.75, 3.05) is 31.1 Å². The average Bonchev–Trinajstić information content (AvgIpc) is 2.75. The van der Waals surface area contributed by atoms with Gasteiger partial charge in [0.2, 0.25) is 0 Å². The average molecular weight is 394 g/mol. The van der Waals surface area contributed by atoms with Crippen LogP contribution in [0.4, 0.5) is 10.1 Å². The zero-order chi connectivity index (χ0) is 20.4. The Morgan fingerprint density at radius 3 is 2.31 bits per heavy atom. The maximum Gasteiger partial charge on any atom is 0.274 e. The van der Waals surface area contributed by atoms with Crippen molar-refractivity contribution >= 4 is 11.6 Å². The number of phenolic OH excluding ortho intramolecular Hbond substituents is 1. The van der Waals surface area contributed by atoms with Crippen LogP contribution in [0.15, 0.2) is 65.5 Å². The van der Waals surface area contributed by atoms with Gasteiger partial charge in [-0.1, -0.05) is 12.1 Å². The molecule has 0 unspecified atom stereocenters. The fraction of sp³-hybridized carbons (Fsp3) is 0.190. The molecule has 2 heterocycles. The lowest BCUT2D eigenvalue weighted by Gasteiger charge is -2.36. The summed E-state index contributed by atoms with van der Waals surface area (Å²) < 4.78 is 14.2. The number of phenols is 1. The van der Waals surface area contributed by atoms with Gasteiger partial charge in [-0.2, -0.15) is 9.78 Å². The Morgan fingerprint density at radius 1 is 0.931 bits per heavy atom. The zero-order valence-electron chi connectivity index (χ0n) is 15.5. The van der Waals surface area contributed by atoms with Crippen LogP contribution in [0.1, 0.15) is 10.5 Å². The van der Waals surface area contributed by atoms with Crippen molar-refractivity contribution in [2.45, 2.75) is 0 Å². The van der Waals surface area contributed by atoms with E-state index < -0.39 is 11.4 Å². The molecule has 0 bridgehead atoms. The third kappa shape index (κ3) is 3.82. The Hall–Kier alpha value is -3.68. The quantitative estimate of drug-likeness (QED) is 0.736. The lowest BCUT2D eigenvalue weighted by atomic mass is 10.2. The molecule has 7 nitrogen and oxygen atoms in total. The highest BCUT2D eigenvalue weighted by Gasteiger charge is 2.24. The number of halogens is 1. The first kappa shape index (κ1) is 18.7. The molecule has 4 rings (SSSR count). The van der Waals surface area contributed by atoms with Gasteiger partial charge in [-0.15, -0.1) is 0 Å². The lowest BCUT2D eigenvalue weighted by molar-refractivity contribution is 0.0738. The number of carbonyl (C=O) groups excluding carboxylic acids is 1. The van der Waals surface area contributed by atoms with Crippen LogP contribution in [0.3, 0.4) is 0 Å². The molecular formula is C21H19FN4O3. The molecule has 1 aliphatic rings. The molecule has 148 valence electrons. The molecule has 0 spiro atoms. The molecule has 1 aromatic heterocycles. The monoisotopic (exact) mass is 394 g/mol. The van der Waals surface area contributed by atoms with E-state index in [4.69, 9.17) is 0 Å². The second-order valence-corrected chi connectivity index (χ2v) is 6.71. The molecule has 3 aromatic rings. The van der Waals surface area contributed by atoms with Crippen LogP contribution in [0.2, 0.25) is 0 Å². The molecule has 8 heteroatoms. The van der Waals surface area contributed by atoms with E-state index in [1.165, 1.54) is 36.4 Å². The van der Waals surface area contributed by atoms with E-state index in [1.807, 2.05) is 17.0 Å². The molecule has 0 aliphatic carbocycles. The van der Waals surface area contributed by atoms with Gasteiger partial charge in [0.1, 0.15) is 17.3 Å². The van der Waals surface area contributed by atoms with Crippen LogP contribution in [-0.2, 0) is 0 Å². The number of nitrogens with zero attached hydrogens (tertiary/aromatic N) is 4. The molecule has 1 aliphatic heterocycles. The number of aromatic nitrogens is 2. The largest absolute Gasteiger partial charge is 0.506 e. The number of rotatable bonds is 3. The topological polar surface area (TPSA) is 78.7 Å². The van der Waals surface area contributed by atoms with Crippen molar-refractivity contribution in [2.24, 2.45) is 0 Å². The van der Waals surface area contributed by atoms with E-state index in [0.29, 0.717) is 31.9 Å². The Morgan fingerprint density at radius 2 is 1.62 bits per heavy atom. The summed E-state index contributed by atoms with van der Waals surface area (Å²) in [5.74, 6) is -0.491. The smallest absolute Gasteiger partial charge is 0.274 e. The second kappa shape index (κ2) is 7.75. The van der Waals surface area contributed by atoms with Gasteiger partial charge in [0, 0.05) is 32.2 Å². The number of hydrogen-bond acceptors (Lipinski definition) is 5. The maximum absolute atomic E-state index is 13.1. The normalized spacial score (nSPS) is 14.1. The van der Waals surface area contributed by atoms with Gasteiger partial charge < -0.3 is 14.9 Å². The molecule has 0 radical (unpaired) electrons. The van der Waals surface area contributed by atoms with Crippen molar-refractivity contribution in [1.29, 1.82) is 0 Å². The van der Waals surface area contributed by atoms with E-state index in [9.17, 15) is 19.1 Å². The molecule has 29 heavy (non-hydrogen) atoms. The van der Waals surface area contributed by atoms with Crippen molar-refractivity contribution in [3.05, 3.63) is 82.5 Å². The Balaban J connectivity index is 1.51. The van der Waals surface area contributed by atoms with E-state index in [-0.39, 0.29) is 17.4 Å². The van der Waals surface area contributed by atoms with Gasteiger partial charge in [-0.25, -0.2) is 4.39 Å². The Labute approximate surface area is 166 Å². The number of carbonyl (C=O) groups is 1. The maximum atomic E-state index is 13.1. The minimum Gasteiger partial charge on any atom is -0.506 e. The van der Waals surface area contributed by atoms with Crippen molar-refractivity contribution < 1.29 is 14.3 Å². The number of hydrogen-bond donors (Lipinski definition) is 1. The van der Waals surface area contributed by atoms with Crippen molar-refractivity contribution in [3.63, 3.8) is 0 Å². The fourth-order valence-electron chi connectivity index (χ4n) is 3.34. The number of aromatic hydroxyl groups is 1. The van der Waals surface area contributed by atoms with E-state index in [2.05, 4.69) is 5.10 Å². The Kier molecular flexibility index (Phi) is 4.99. The lowest BCUT2D eigenvalue weighted by Crippen LogP contribution is -2.49. The highest BCUT2D eigenvalue weighted by atomic mass is 19.1. The van der Waals surface area contributed by atoms with E-state index >= 15 is 0 Å². The summed E-state index contributed by atoms with van der Waals surface area (Å²) in [5, 5.41) is 14.2. The first-order valence-corrected chi connectivity index (χ1v) is 9.21. The van der Waals surface area contributed by atoms with Gasteiger partial charge in [0.25, 0.3) is 11.5 Å². The van der Waals surface area contributed by atoms with E-state index in [0.717, 1.165) is 10.4 Å². The molecule has 1 N–H and O–H groups in total. The SMILES string of the molecule is O=C(c1ccc(=O)n(-c2ccc(F)cc2)n1)N1CCN(c2ccccc2O)CC1. The van der Waals surface area contributed by atoms with Gasteiger partial charge in [-0.05, 0) is 42.5 Å². The van der Waals surface area contributed by atoms with Gasteiger partial charge in [0.15, 0.2) is 0 Å². The number of amides is 1. The van der Waals surface area contributed by atoms with E-state index in [1.54, 1.807) is 17.0 Å². The predicted octanol–water partition coefficient (Wildman–Crippen LogP) is 2.04. The zero-order valence-corrected chi connectivity index (χ0v) is 15.5. The molecule has 0 atom stereocenters. The number of piperazine rings is 1. The van der Waals surface area contributed by atoms with Crippen LogP contribution in [0.25, 0.3) is 5.69 Å². The third-order valence-electron chi connectivity index (χ3n) is 4.88. The van der Waals surface area contributed by atoms with Crippen LogP contribution in [0.5, 0.6) is 5.75 Å². The highest BCUT2D eigenvalue weighted by Crippen LogP contribution is 2.27. The van der Waals surface area contributed by atoms with Crippen LogP contribution in [0, 0.1) is 5.82 Å². The minimum absolute atomic E-state index is 0.143. The summed E-state index contributed by atoms with van der Waals surface area (Å²) in [5.41, 5.74) is 0.862. The number of para-hydroxylation sites is 2. The van der Waals surface area contributed by atoms with Gasteiger partial charge >= 0.3 is 0 Å². The van der Waals surface area contributed by atoms with Crippen molar-refractivity contribution in [1.82, 2.24) is 14.7 Å². The molecule has 1 saturated heterocycles. The number of anilines is 1. The molecule has 2 aromatic carbocycles.